The van der Waals surface area contributed by atoms with E-state index in [1.165, 1.54) is 24.2 Å². The summed E-state index contributed by atoms with van der Waals surface area (Å²) in [5.41, 5.74) is 0.841. The van der Waals surface area contributed by atoms with Crippen LogP contribution >= 0.6 is 11.3 Å². The monoisotopic (exact) mass is 295 g/mol. The summed E-state index contributed by atoms with van der Waals surface area (Å²) in [6.07, 6.45) is 2.60. The van der Waals surface area contributed by atoms with Gasteiger partial charge in [0.05, 0.1) is 10.7 Å². The number of rotatable bonds is 5. The smallest absolute Gasteiger partial charge is 0.263 e. The predicted molar refractivity (Wildman–Crippen MR) is 83.5 cm³/mol. The molecule has 1 fully saturated rings. The molecular formula is C15H25N3OS. The Kier molecular flexibility index (Phi) is 4.49. The van der Waals surface area contributed by atoms with Crippen LogP contribution in [-0.2, 0) is 5.41 Å². The van der Waals surface area contributed by atoms with Crippen molar-refractivity contribution in [2.45, 2.75) is 52.0 Å². The van der Waals surface area contributed by atoms with E-state index in [1.807, 2.05) is 6.92 Å². The van der Waals surface area contributed by atoms with Gasteiger partial charge < -0.3 is 10.2 Å². The molecule has 1 aromatic rings. The summed E-state index contributed by atoms with van der Waals surface area (Å²) in [7, 11) is 2.12. The van der Waals surface area contributed by atoms with E-state index >= 15 is 0 Å². The van der Waals surface area contributed by atoms with Crippen LogP contribution in [0, 0.1) is 6.92 Å². The summed E-state index contributed by atoms with van der Waals surface area (Å²) >= 11 is 1.52. The molecule has 0 atom stereocenters. The number of aryl methyl sites for hydroxylation is 1. The van der Waals surface area contributed by atoms with Crippen molar-refractivity contribution in [1.29, 1.82) is 0 Å². The first-order valence-corrected chi connectivity index (χ1v) is 8.07. The number of hydrogen-bond donors (Lipinski definition) is 1. The molecule has 0 radical (unpaired) electrons. The van der Waals surface area contributed by atoms with Crippen molar-refractivity contribution in [2.24, 2.45) is 0 Å². The molecule has 0 bridgehead atoms. The van der Waals surface area contributed by atoms with Crippen molar-refractivity contribution in [1.82, 2.24) is 15.2 Å². The fourth-order valence-corrected chi connectivity index (χ4v) is 3.09. The standard InChI is InChI=1S/C15H25N3OS/c1-10-12(20-14(17-10)15(2,3)4)13(19)16-8-9-18(5)11-6-7-11/h11H,6-9H2,1-5H3,(H,16,19). The van der Waals surface area contributed by atoms with Crippen LogP contribution in [0.5, 0.6) is 0 Å². The molecule has 1 saturated carbocycles. The van der Waals surface area contributed by atoms with Crippen LogP contribution in [0.2, 0.25) is 0 Å². The van der Waals surface area contributed by atoms with Gasteiger partial charge in [0, 0.05) is 24.5 Å². The quantitative estimate of drug-likeness (QED) is 0.908. The predicted octanol–water partition coefficient (Wildman–Crippen LogP) is 2.57. The van der Waals surface area contributed by atoms with Crippen LogP contribution < -0.4 is 5.32 Å². The molecule has 5 heteroatoms. The number of aromatic nitrogens is 1. The number of hydrogen-bond acceptors (Lipinski definition) is 4. The molecule has 112 valence electrons. The van der Waals surface area contributed by atoms with Gasteiger partial charge >= 0.3 is 0 Å². The lowest BCUT2D eigenvalue weighted by Crippen LogP contribution is -2.33. The highest BCUT2D eigenvalue weighted by Crippen LogP contribution is 2.29. The normalized spacial score (nSPS) is 15.7. The van der Waals surface area contributed by atoms with Crippen molar-refractivity contribution in [2.75, 3.05) is 20.1 Å². The van der Waals surface area contributed by atoms with Gasteiger partial charge in [0.1, 0.15) is 4.88 Å². The molecule has 1 aliphatic rings. The highest BCUT2D eigenvalue weighted by atomic mass is 32.1. The third-order valence-corrected chi connectivity index (χ3v) is 5.15. The third-order valence-electron chi connectivity index (χ3n) is 3.56. The lowest BCUT2D eigenvalue weighted by molar-refractivity contribution is 0.0952. The van der Waals surface area contributed by atoms with Crippen molar-refractivity contribution < 1.29 is 4.79 Å². The Morgan fingerprint density at radius 3 is 2.60 bits per heavy atom. The first-order chi connectivity index (χ1) is 9.29. The maximum absolute atomic E-state index is 12.2. The Morgan fingerprint density at radius 1 is 1.45 bits per heavy atom. The maximum atomic E-state index is 12.2. The number of nitrogens with zero attached hydrogens (tertiary/aromatic N) is 2. The zero-order valence-electron chi connectivity index (χ0n) is 13.1. The average molecular weight is 295 g/mol. The van der Waals surface area contributed by atoms with Gasteiger partial charge in [-0.15, -0.1) is 11.3 Å². The molecule has 4 nitrogen and oxygen atoms in total. The van der Waals surface area contributed by atoms with E-state index in [-0.39, 0.29) is 11.3 Å². The molecule has 20 heavy (non-hydrogen) atoms. The summed E-state index contributed by atoms with van der Waals surface area (Å²) in [5.74, 6) is 0.0136. The number of carbonyl (C=O) groups is 1. The van der Waals surface area contributed by atoms with Gasteiger partial charge in [0.2, 0.25) is 0 Å². The fourth-order valence-electron chi connectivity index (χ4n) is 2.05. The number of nitrogens with one attached hydrogen (secondary N) is 1. The molecule has 0 spiro atoms. The minimum absolute atomic E-state index is 0.000147. The van der Waals surface area contributed by atoms with Gasteiger partial charge in [0.25, 0.3) is 5.91 Å². The largest absolute Gasteiger partial charge is 0.350 e. The molecule has 1 aromatic heterocycles. The van der Waals surface area contributed by atoms with E-state index in [1.54, 1.807) is 0 Å². The van der Waals surface area contributed by atoms with E-state index < -0.39 is 0 Å². The fraction of sp³-hybridized carbons (Fsp3) is 0.733. The number of amides is 1. The number of carbonyl (C=O) groups excluding carboxylic acids is 1. The molecule has 0 unspecified atom stereocenters. The van der Waals surface area contributed by atoms with Crippen LogP contribution in [0.15, 0.2) is 0 Å². The van der Waals surface area contributed by atoms with Gasteiger partial charge in [-0.3, -0.25) is 4.79 Å². The lowest BCUT2D eigenvalue weighted by Gasteiger charge is -2.15. The molecule has 0 aromatic carbocycles. The van der Waals surface area contributed by atoms with Crippen LogP contribution in [-0.4, -0.2) is 42.0 Å². The lowest BCUT2D eigenvalue weighted by atomic mass is 9.98. The van der Waals surface area contributed by atoms with Gasteiger partial charge in [-0.25, -0.2) is 4.98 Å². The summed E-state index contributed by atoms with van der Waals surface area (Å²) < 4.78 is 0. The van der Waals surface area contributed by atoms with Crippen LogP contribution in [0.3, 0.4) is 0 Å². The minimum Gasteiger partial charge on any atom is -0.350 e. The summed E-state index contributed by atoms with van der Waals surface area (Å²) in [6.45, 7) is 9.90. The van der Waals surface area contributed by atoms with Gasteiger partial charge in [-0.2, -0.15) is 0 Å². The first-order valence-electron chi connectivity index (χ1n) is 7.25. The molecule has 1 amide bonds. The molecule has 0 aliphatic heterocycles. The number of likely N-dealkylation sites (N-methyl/N-ethyl adjacent to an activating group) is 1. The molecule has 1 N–H and O–H groups in total. The maximum Gasteiger partial charge on any atom is 0.263 e. The molecule has 0 saturated heterocycles. The second-order valence-electron chi connectivity index (χ2n) is 6.65. The van der Waals surface area contributed by atoms with Crippen molar-refractivity contribution in [3.8, 4) is 0 Å². The summed E-state index contributed by atoms with van der Waals surface area (Å²) in [6, 6.07) is 0.740. The van der Waals surface area contributed by atoms with Crippen molar-refractivity contribution in [3.05, 3.63) is 15.6 Å². The zero-order valence-corrected chi connectivity index (χ0v) is 13.9. The summed E-state index contributed by atoms with van der Waals surface area (Å²) in [5, 5.41) is 4.03. The van der Waals surface area contributed by atoms with Crippen LogP contribution in [0.4, 0.5) is 0 Å². The second-order valence-corrected chi connectivity index (χ2v) is 7.65. The first kappa shape index (κ1) is 15.4. The molecular weight excluding hydrogens is 270 g/mol. The Labute approximate surface area is 125 Å². The summed E-state index contributed by atoms with van der Waals surface area (Å²) in [4.78, 5) is 19.8. The van der Waals surface area contributed by atoms with E-state index in [0.717, 1.165) is 28.2 Å². The highest BCUT2D eigenvalue weighted by molar-refractivity contribution is 7.14. The van der Waals surface area contributed by atoms with Gasteiger partial charge in [0.15, 0.2) is 0 Å². The molecule has 1 heterocycles. The highest BCUT2D eigenvalue weighted by Gasteiger charge is 2.26. The van der Waals surface area contributed by atoms with Crippen molar-refractivity contribution >= 4 is 17.2 Å². The Hall–Kier alpha value is -0.940. The van der Waals surface area contributed by atoms with E-state index in [4.69, 9.17) is 0 Å². The Balaban J connectivity index is 1.90. The Bertz CT molecular complexity index is 486. The van der Waals surface area contributed by atoms with Crippen molar-refractivity contribution in [3.63, 3.8) is 0 Å². The third kappa shape index (κ3) is 3.79. The molecule has 2 rings (SSSR count). The van der Waals surface area contributed by atoms with E-state index in [9.17, 15) is 4.79 Å². The van der Waals surface area contributed by atoms with Crippen LogP contribution in [0.25, 0.3) is 0 Å². The van der Waals surface area contributed by atoms with Gasteiger partial charge in [-0.1, -0.05) is 20.8 Å². The van der Waals surface area contributed by atoms with E-state index in [2.05, 4.69) is 43.0 Å². The Morgan fingerprint density at radius 2 is 2.10 bits per heavy atom. The molecule has 1 aliphatic carbocycles. The zero-order chi connectivity index (χ0) is 14.9. The van der Waals surface area contributed by atoms with Crippen LogP contribution in [0.1, 0.15) is 54.0 Å². The topological polar surface area (TPSA) is 45.2 Å². The SMILES string of the molecule is Cc1nc(C(C)(C)C)sc1C(=O)NCCN(C)C1CC1. The van der Waals surface area contributed by atoms with Gasteiger partial charge in [-0.05, 0) is 26.8 Å². The van der Waals surface area contributed by atoms with E-state index in [0.29, 0.717) is 6.54 Å². The minimum atomic E-state index is 0.000147. The average Bonchev–Trinajstić information content (AvgIpc) is 3.10. The number of thiazole rings is 1. The second kappa shape index (κ2) is 5.82.